The Bertz CT molecular complexity index is 489. The first-order valence-electron chi connectivity index (χ1n) is 4.37. The SMILES string of the molecule is N#CC(C#N)=C1Nc2ccccc2CS1. The fourth-order valence-electron chi connectivity index (χ4n) is 1.34. The van der Waals surface area contributed by atoms with Crippen molar-refractivity contribution in [3.8, 4) is 12.1 Å². The Morgan fingerprint density at radius 3 is 2.73 bits per heavy atom. The zero-order chi connectivity index (χ0) is 10.7. The zero-order valence-electron chi connectivity index (χ0n) is 7.82. The number of fused-ring (bicyclic) bond motifs is 1. The molecule has 0 aliphatic carbocycles. The number of anilines is 1. The summed E-state index contributed by atoms with van der Waals surface area (Å²) < 4.78 is 0. The van der Waals surface area contributed by atoms with Crippen LogP contribution in [0.4, 0.5) is 5.69 Å². The largest absolute Gasteiger partial charge is 0.348 e. The predicted octanol–water partition coefficient (Wildman–Crippen LogP) is 2.60. The average Bonchev–Trinajstić information content (AvgIpc) is 2.30. The van der Waals surface area contributed by atoms with E-state index in [0.29, 0.717) is 5.03 Å². The topological polar surface area (TPSA) is 59.6 Å². The highest BCUT2D eigenvalue weighted by atomic mass is 32.2. The van der Waals surface area contributed by atoms with Crippen LogP contribution in [0, 0.1) is 22.7 Å². The first-order chi connectivity index (χ1) is 7.35. The van der Waals surface area contributed by atoms with Gasteiger partial charge in [-0.1, -0.05) is 18.2 Å². The first kappa shape index (κ1) is 9.64. The van der Waals surface area contributed by atoms with Crippen molar-refractivity contribution in [3.05, 3.63) is 40.4 Å². The minimum atomic E-state index is 0.148. The van der Waals surface area contributed by atoms with Crippen LogP contribution in [0.5, 0.6) is 0 Å². The molecule has 1 heterocycles. The molecule has 1 aromatic carbocycles. The molecule has 1 aromatic rings. The van der Waals surface area contributed by atoms with Crippen LogP contribution in [0.2, 0.25) is 0 Å². The highest BCUT2D eigenvalue weighted by Gasteiger charge is 2.15. The average molecular weight is 213 g/mol. The molecule has 0 saturated carbocycles. The Kier molecular flexibility index (Phi) is 2.62. The molecule has 72 valence electrons. The van der Waals surface area contributed by atoms with Gasteiger partial charge in [0, 0.05) is 11.4 Å². The second-order valence-corrected chi connectivity index (χ2v) is 3.98. The fraction of sp³-hybridized carbons (Fsp3) is 0.0909. The van der Waals surface area contributed by atoms with Crippen molar-refractivity contribution < 1.29 is 0 Å². The number of thioether (sulfide) groups is 1. The molecule has 0 amide bonds. The van der Waals surface area contributed by atoms with Crippen LogP contribution in [0.15, 0.2) is 34.9 Å². The molecule has 2 rings (SSSR count). The molecule has 0 saturated heterocycles. The van der Waals surface area contributed by atoms with Crippen molar-refractivity contribution in [2.75, 3.05) is 5.32 Å². The Hall–Kier alpha value is -1.91. The van der Waals surface area contributed by atoms with E-state index in [4.69, 9.17) is 10.5 Å². The van der Waals surface area contributed by atoms with E-state index in [1.807, 2.05) is 36.4 Å². The summed E-state index contributed by atoms with van der Waals surface area (Å²) in [6.45, 7) is 0. The second-order valence-electron chi connectivity index (χ2n) is 3.00. The van der Waals surface area contributed by atoms with E-state index in [2.05, 4.69) is 5.32 Å². The minimum Gasteiger partial charge on any atom is -0.348 e. The molecule has 15 heavy (non-hydrogen) atoms. The quantitative estimate of drug-likeness (QED) is 0.673. The van der Waals surface area contributed by atoms with Crippen LogP contribution in [0.25, 0.3) is 0 Å². The smallest absolute Gasteiger partial charge is 0.159 e. The summed E-state index contributed by atoms with van der Waals surface area (Å²) in [5, 5.41) is 21.2. The Labute approximate surface area is 92.0 Å². The van der Waals surface area contributed by atoms with E-state index in [0.717, 1.165) is 11.4 Å². The van der Waals surface area contributed by atoms with Gasteiger partial charge in [0.1, 0.15) is 17.2 Å². The van der Waals surface area contributed by atoms with Gasteiger partial charge in [0.15, 0.2) is 5.57 Å². The summed E-state index contributed by atoms with van der Waals surface area (Å²) in [6, 6.07) is 11.7. The number of nitriles is 2. The summed E-state index contributed by atoms with van der Waals surface area (Å²) in [5.41, 5.74) is 2.32. The van der Waals surface area contributed by atoms with Crippen LogP contribution >= 0.6 is 11.8 Å². The van der Waals surface area contributed by atoms with Crippen molar-refractivity contribution in [2.24, 2.45) is 0 Å². The third-order valence-electron chi connectivity index (χ3n) is 2.09. The van der Waals surface area contributed by atoms with Gasteiger partial charge in [-0.05, 0) is 11.6 Å². The second kappa shape index (κ2) is 4.08. The third-order valence-corrected chi connectivity index (χ3v) is 3.14. The maximum Gasteiger partial charge on any atom is 0.159 e. The summed E-state index contributed by atoms with van der Waals surface area (Å²) in [7, 11) is 0. The van der Waals surface area contributed by atoms with Gasteiger partial charge in [-0.15, -0.1) is 11.8 Å². The van der Waals surface area contributed by atoms with Gasteiger partial charge in [-0.2, -0.15) is 10.5 Å². The standard InChI is InChI=1S/C11H7N3S/c12-5-9(6-13)11-14-10-4-2-1-3-8(10)7-15-11/h1-4,14H,7H2. The molecular formula is C11H7N3S. The van der Waals surface area contributed by atoms with E-state index in [1.54, 1.807) is 0 Å². The fourth-order valence-corrected chi connectivity index (χ4v) is 2.31. The highest BCUT2D eigenvalue weighted by Crippen LogP contribution is 2.34. The molecule has 4 heteroatoms. The summed E-state index contributed by atoms with van der Waals surface area (Å²) >= 11 is 1.49. The molecule has 0 radical (unpaired) electrons. The number of nitrogens with zero attached hydrogens (tertiary/aromatic N) is 2. The van der Waals surface area contributed by atoms with Crippen molar-refractivity contribution in [1.82, 2.24) is 0 Å². The molecular weight excluding hydrogens is 206 g/mol. The van der Waals surface area contributed by atoms with Crippen molar-refractivity contribution in [1.29, 1.82) is 10.5 Å². The Morgan fingerprint density at radius 2 is 2.00 bits per heavy atom. The number of rotatable bonds is 0. The molecule has 0 fully saturated rings. The van der Waals surface area contributed by atoms with E-state index in [9.17, 15) is 0 Å². The molecule has 0 bridgehead atoms. The molecule has 0 unspecified atom stereocenters. The van der Waals surface area contributed by atoms with Crippen molar-refractivity contribution >= 4 is 17.4 Å². The Morgan fingerprint density at radius 1 is 1.27 bits per heavy atom. The van der Waals surface area contributed by atoms with Gasteiger partial charge < -0.3 is 5.32 Å². The number of benzene rings is 1. The molecule has 0 aromatic heterocycles. The molecule has 1 aliphatic heterocycles. The van der Waals surface area contributed by atoms with Crippen LogP contribution in [0.3, 0.4) is 0 Å². The summed E-state index contributed by atoms with van der Waals surface area (Å²) in [5.74, 6) is 0.797. The number of hydrogen-bond acceptors (Lipinski definition) is 4. The lowest BCUT2D eigenvalue weighted by atomic mass is 10.2. The lowest BCUT2D eigenvalue weighted by Gasteiger charge is -2.19. The molecule has 3 nitrogen and oxygen atoms in total. The maximum absolute atomic E-state index is 8.74. The molecule has 0 spiro atoms. The molecule has 1 aliphatic rings. The number of allylic oxidation sites excluding steroid dienone is 1. The highest BCUT2D eigenvalue weighted by molar-refractivity contribution is 8.02. The van der Waals surface area contributed by atoms with Gasteiger partial charge in [0.25, 0.3) is 0 Å². The van der Waals surface area contributed by atoms with Gasteiger partial charge in [0.05, 0.1) is 0 Å². The lowest BCUT2D eigenvalue weighted by Crippen LogP contribution is -2.07. The Balaban J connectivity index is 2.39. The lowest BCUT2D eigenvalue weighted by molar-refractivity contribution is 1.34. The van der Waals surface area contributed by atoms with Gasteiger partial charge >= 0.3 is 0 Å². The predicted molar refractivity (Wildman–Crippen MR) is 59.6 cm³/mol. The van der Waals surface area contributed by atoms with Crippen molar-refractivity contribution in [3.63, 3.8) is 0 Å². The van der Waals surface area contributed by atoms with Gasteiger partial charge in [-0.3, -0.25) is 0 Å². The number of hydrogen-bond donors (Lipinski definition) is 1. The van der Waals surface area contributed by atoms with E-state index < -0.39 is 0 Å². The monoisotopic (exact) mass is 213 g/mol. The normalized spacial score (nSPS) is 13.1. The van der Waals surface area contributed by atoms with Crippen LogP contribution in [-0.4, -0.2) is 0 Å². The van der Waals surface area contributed by atoms with Crippen LogP contribution in [-0.2, 0) is 5.75 Å². The van der Waals surface area contributed by atoms with Crippen LogP contribution in [0.1, 0.15) is 5.56 Å². The van der Waals surface area contributed by atoms with E-state index in [-0.39, 0.29) is 5.57 Å². The minimum absolute atomic E-state index is 0.148. The van der Waals surface area contributed by atoms with E-state index >= 15 is 0 Å². The summed E-state index contributed by atoms with van der Waals surface area (Å²) in [6.07, 6.45) is 0. The van der Waals surface area contributed by atoms with Crippen LogP contribution < -0.4 is 5.32 Å². The third kappa shape index (κ3) is 1.81. The zero-order valence-corrected chi connectivity index (χ0v) is 8.64. The number of nitrogens with one attached hydrogen (secondary N) is 1. The maximum atomic E-state index is 8.74. The number of para-hydroxylation sites is 1. The van der Waals surface area contributed by atoms with Gasteiger partial charge in [-0.25, -0.2) is 0 Å². The van der Waals surface area contributed by atoms with E-state index in [1.165, 1.54) is 17.3 Å². The molecule has 0 atom stereocenters. The molecule has 1 N–H and O–H groups in total. The first-order valence-corrected chi connectivity index (χ1v) is 5.36. The van der Waals surface area contributed by atoms with Gasteiger partial charge in [0.2, 0.25) is 0 Å². The summed E-state index contributed by atoms with van der Waals surface area (Å²) in [4.78, 5) is 0. The van der Waals surface area contributed by atoms with Crippen molar-refractivity contribution in [2.45, 2.75) is 5.75 Å².